The molecule has 3 aromatic carbocycles. The van der Waals surface area contributed by atoms with Gasteiger partial charge >= 0.3 is 6.36 Å². The van der Waals surface area contributed by atoms with Crippen LogP contribution in [-0.4, -0.2) is 16.1 Å². The van der Waals surface area contributed by atoms with Crippen LogP contribution in [0.5, 0.6) is 5.75 Å². The van der Waals surface area contributed by atoms with Crippen LogP contribution in [0.15, 0.2) is 59.4 Å². The summed E-state index contributed by atoms with van der Waals surface area (Å²) in [4.78, 5) is 13.1. The molecule has 4 aromatic rings. The number of hydrogen-bond acceptors (Lipinski definition) is 3. The fourth-order valence-corrected chi connectivity index (χ4v) is 3.43. The molecule has 0 bridgehead atoms. The molecule has 0 radical (unpaired) electrons. The van der Waals surface area contributed by atoms with E-state index in [-0.39, 0.29) is 37.8 Å². The number of halogens is 7. The van der Waals surface area contributed by atoms with Crippen molar-refractivity contribution in [1.82, 2.24) is 9.78 Å². The van der Waals surface area contributed by atoms with Gasteiger partial charge in [-0.25, -0.2) is 8.78 Å². The molecule has 4 rings (SSSR count). The Bertz CT molecular complexity index is 1420. The lowest BCUT2D eigenvalue weighted by Crippen LogP contribution is -2.23. The summed E-state index contributed by atoms with van der Waals surface area (Å²) in [5.74, 6) is -2.39. The van der Waals surface area contributed by atoms with Crippen molar-refractivity contribution in [3.05, 3.63) is 86.6 Å². The maximum atomic E-state index is 14.6. The largest absolute Gasteiger partial charge is 0.573 e. The lowest BCUT2D eigenvalue weighted by molar-refractivity contribution is -0.274. The number of ether oxygens (including phenoxy) is 1. The standard InChI is InChI=1S/C21H9Cl2F5N2O2/c22-16-8-14-15(9-17(16)23)20(31)30(11-2-1-3-12(7-11)32-21(26,27)28)29-19(14)13-5-4-10(24)6-18(13)25/h1-9H. The van der Waals surface area contributed by atoms with Crippen molar-refractivity contribution in [2.75, 3.05) is 0 Å². The zero-order chi connectivity index (χ0) is 23.2. The first-order valence-electron chi connectivity index (χ1n) is 8.77. The van der Waals surface area contributed by atoms with E-state index >= 15 is 0 Å². The maximum Gasteiger partial charge on any atom is 0.573 e. The molecule has 0 aliphatic heterocycles. The predicted molar refractivity (Wildman–Crippen MR) is 109 cm³/mol. The number of hydrogen-bond donors (Lipinski definition) is 0. The van der Waals surface area contributed by atoms with Gasteiger partial charge in [0.15, 0.2) is 0 Å². The molecule has 0 atom stereocenters. The summed E-state index contributed by atoms with van der Waals surface area (Å²) in [6.07, 6.45) is -4.95. The van der Waals surface area contributed by atoms with Gasteiger partial charge in [0.1, 0.15) is 23.1 Å². The van der Waals surface area contributed by atoms with Gasteiger partial charge in [0.25, 0.3) is 5.56 Å². The molecular formula is C21H9Cl2F5N2O2. The minimum Gasteiger partial charge on any atom is -0.406 e. The number of alkyl halides is 3. The summed E-state index contributed by atoms with van der Waals surface area (Å²) >= 11 is 12.1. The third-order valence-electron chi connectivity index (χ3n) is 4.42. The molecule has 0 saturated heterocycles. The molecule has 164 valence electrons. The van der Waals surface area contributed by atoms with Crippen molar-refractivity contribution >= 4 is 34.0 Å². The van der Waals surface area contributed by atoms with Gasteiger partial charge in [-0.15, -0.1) is 13.2 Å². The fourth-order valence-electron chi connectivity index (χ4n) is 3.10. The van der Waals surface area contributed by atoms with E-state index in [1.54, 1.807) is 0 Å². The van der Waals surface area contributed by atoms with Crippen molar-refractivity contribution in [1.29, 1.82) is 0 Å². The highest BCUT2D eigenvalue weighted by atomic mass is 35.5. The second-order valence-corrected chi connectivity index (χ2v) is 7.36. The summed E-state index contributed by atoms with van der Waals surface area (Å²) in [6.45, 7) is 0. The third-order valence-corrected chi connectivity index (χ3v) is 5.14. The van der Waals surface area contributed by atoms with Crippen LogP contribution in [0.4, 0.5) is 22.0 Å². The van der Waals surface area contributed by atoms with Crippen LogP contribution in [0.25, 0.3) is 27.7 Å². The Kier molecular flexibility index (Phi) is 5.56. The van der Waals surface area contributed by atoms with Crippen LogP contribution in [0.1, 0.15) is 0 Å². The van der Waals surface area contributed by atoms with Crippen LogP contribution in [0, 0.1) is 11.6 Å². The average molecular weight is 487 g/mol. The average Bonchev–Trinajstić information content (AvgIpc) is 2.69. The van der Waals surface area contributed by atoms with E-state index < -0.39 is 29.3 Å². The van der Waals surface area contributed by atoms with Crippen molar-refractivity contribution in [2.24, 2.45) is 0 Å². The number of nitrogens with zero attached hydrogens (tertiary/aromatic N) is 2. The van der Waals surface area contributed by atoms with Crippen molar-refractivity contribution in [2.45, 2.75) is 6.36 Å². The molecule has 1 aromatic heterocycles. The van der Waals surface area contributed by atoms with Gasteiger partial charge < -0.3 is 4.74 Å². The van der Waals surface area contributed by atoms with Gasteiger partial charge in [0.2, 0.25) is 0 Å². The molecule has 0 amide bonds. The highest BCUT2D eigenvalue weighted by Crippen LogP contribution is 2.33. The molecular weight excluding hydrogens is 478 g/mol. The highest BCUT2D eigenvalue weighted by molar-refractivity contribution is 6.43. The van der Waals surface area contributed by atoms with Crippen molar-refractivity contribution < 1.29 is 26.7 Å². The number of aromatic nitrogens is 2. The molecule has 0 unspecified atom stereocenters. The summed E-state index contributed by atoms with van der Waals surface area (Å²) in [5.41, 5.74) is -1.11. The quantitative estimate of drug-likeness (QED) is 0.309. The van der Waals surface area contributed by atoms with Crippen LogP contribution in [0.2, 0.25) is 10.0 Å². The Morgan fingerprint density at radius 3 is 2.25 bits per heavy atom. The van der Waals surface area contributed by atoms with Crippen molar-refractivity contribution in [3.63, 3.8) is 0 Å². The number of rotatable bonds is 3. The van der Waals surface area contributed by atoms with Crippen LogP contribution in [-0.2, 0) is 0 Å². The van der Waals surface area contributed by atoms with Crippen molar-refractivity contribution in [3.8, 4) is 22.7 Å². The monoisotopic (exact) mass is 486 g/mol. The summed E-state index contributed by atoms with van der Waals surface area (Å²) in [5, 5.41) is 4.31. The molecule has 0 aliphatic carbocycles. The van der Waals surface area contributed by atoms with Gasteiger partial charge in [0, 0.05) is 23.1 Å². The van der Waals surface area contributed by atoms with E-state index in [0.29, 0.717) is 6.07 Å². The second kappa shape index (κ2) is 8.07. The topological polar surface area (TPSA) is 44.1 Å². The Morgan fingerprint density at radius 1 is 0.906 bits per heavy atom. The first kappa shape index (κ1) is 22.0. The zero-order valence-corrected chi connectivity index (χ0v) is 17.1. The number of fused-ring (bicyclic) bond motifs is 1. The lowest BCUT2D eigenvalue weighted by atomic mass is 10.0. The Hall–Kier alpha value is -3.17. The third kappa shape index (κ3) is 4.26. The van der Waals surface area contributed by atoms with Gasteiger partial charge in [-0.2, -0.15) is 9.78 Å². The normalized spacial score (nSPS) is 11.7. The van der Waals surface area contributed by atoms with Gasteiger partial charge in [-0.1, -0.05) is 29.3 Å². The molecule has 0 aliphatic rings. The lowest BCUT2D eigenvalue weighted by Gasteiger charge is -2.14. The summed E-state index contributed by atoms with van der Waals surface area (Å²) in [7, 11) is 0. The first-order chi connectivity index (χ1) is 15.0. The predicted octanol–water partition coefficient (Wildman–Crippen LogP) is 6.54. The Labute approximate surface area is 186 Å². The smallest absolute Gasteiger partial charge is 0.406 e. The summed E-state index contributed by atoms with van der Waals surface area (Å²) in [6, 6.07) is 9.81. The molecule has 0 spiro atoms. The first-order valence-corrected chi connectivity index (χ1v) is 9.53. The molecule has 4 nitrogen and oxygen atoms in total. The highest BCUT2D eigenvalue weighted by Gasteiger charge is 2.31. The molecule has 0 N–H and O–H groups in total. The summed E-state index contributed by atoms with van der Waals surface area (Å²) < 4.78 is 70.4. The van der Waals surface area contributed by atoms with Crippen LogP contribution >= 0.6 is 23.2 Å². The van der Waals surface area contributed by atoms with E-state index in [1.165, 1.54) is 24.3 Å². The Balaban J connectivity index is 2.03. The molecule has 32 heavy (non-hydrogen) atoms. The molecule has 0 saturated carbocycles. The van der Waals surface area contributed by atoms with Gasteiger partial charge in [-0.05, 0) is 36.4 Å². The minimum atomic E-state index is -4.95. The van der Waals surface area contributed by atoms with E-state index in [4.69, 9.17) is 23.2 Å². The molecule has 11 heteroatoms. The van der Waals surface area contributed by atoms with E-state index in [1.807, 2.05) is 0 Å². The Morgan fingerprint density at radius 2 is 1.59 bits per heavy atom. The fraction of sp³-hybridized carbons (Fsp3) is 0.0476. The number of benzene rings is 3. The maximum absolute atomic E-state index is 14.6. The van der Waals surface area contributed by atoms with Crippen LogP contribution < -0.4 is 10.3 Å². The van der Waals surface area contributed by atoms with Gasteiger partial charge in [0.05, 0.1) is 21.1 Å². The van der Waals surface area contributed by atoms with Crippen LogP contribution in [0.3, 0.4) is 0 Å². The van der Waals surface area contributed by atoms with E-state index in [0.717, 1.165) is 28.9 Å². The van der Waals surface area contributed by atoms with E-state index in [9.17, 15) is 26.7 Å². The SMILES string of the molecule is O=c1c2cc(Cl)c(Cl)cc2c(-c2ccc(F)cc2F)nn1-c1cccc(OC(F)(F)F)c1. The second-order valence-electron chi connectivity index (χ2n) is 6.55. The van der Waals surface area contributed by atoms with E-state index in [2.05, 4.69) is 9.84 Å². The zero-order valence-electron chi connectivity index (χ0n) is 15.6. The molecule has 0 fully saturated rings. The minimum absolute atomic E-state index is 0.0219. The molecule has 1 heterocycles. The van der Waals surface area contributed by atoms with Gasteiger partial charge in [-0.3, -0.25) is 4.79 Å².